The summed E-state index contributed by atoms with van der Waals surface area (Å²) in [5.74, 6) is 1.58. The molecular weight excluding hydrogens is 296 g/mol. The number of hydrogen-bond donors (Lipinski definition) is 1. The first-order valence-electron chi connectivity index (χ1n) is 6.40. The Morgan fingerprint density at radius 2 is 2.25 bits per heavy atom. The highest BCUT2D eigenvalue weighted by Crippen LogP contribution is 2.30. The average molecular weight is 317 g/mol. The zero-order valence-electron chi connectivity index (χ0n) is 11.8. The Bertz CT molecular complexity index is 445. The van der Waals surface area contributed by atoms with Crippen LogP contribution in [0.15, 0.2) is 24.3 Å². The van der Waals surface area contributed by atoms with Gasteiger partial charge in [-0.25, -0.2) is 0 Å². The molecule has 1 atom stereocenters. The molecule has 0 aromatic heterocycles. The highest BCUT2D eigenvalue weighted by atomic mass is 35.5. The molecule has 1 aliphatic heterocycles. The number of benzene rings is 1. The predicted octanol–water partition coefficient (Wildman–Crippen LogP) is 1.95. The second kappa shape index (κ2) is 8.39. The lowest BCUT2D eigenvalue weighted by Gasteiger charge is -2.37. The molecule has 1 fully saturated rings. The van der Waals surface area contributed by atoms with Crippen LogP contribution in [0, 0.1) is 0 Å². The Hall–Kier alpha value is -0.910. The van der Waals surface area contributed by atoms with Crippen molar-refractivity contribution in [2.24, 2.45) is 0 Å². The molecule has 112 valence electrons. The molecule has 0 radical (unpaired) electrons. The summed E-state index contributed by atoms with van der Waals surface area (Å²) in [6.07, 6.45) is 1.96. The average Bonchev–Trinajstić information content (AvgIpc) is 2.47. The van der Waals surface area contributed by atoms with Gasteiger partial charge in [0.25, 0.3) is 0 Å². The van der Waals surface area contributed by atoms with Crippen LogP contribution < -0.4 is 10.1 Å². The third kappa shape index (κ3) is 3.81. The van der Waals surface area contributed by atoms with E-state index in [9.17, 15) is 4.79 Å². The van der Waals surface area contributed by atoms with Crippen LogP contribution in [-0.4, -0.2) is 49.6 Å². The number of nitrogens with zero attached hydrogens (tertiary/aromatic N) is 1. The SMILES string of the molecule is COc1ccccc1C1CNCCN1C(=O)CSC.Cl. The molecule has 1 amide bonds. The number of amides is 1. The van der Waals surface area contributed by atoms with Crippen molar-refractivity contribution < 1.29 is 9.53 Å². The molecule has 1 aromatic rings. The highest BCUT2D eigenvalue weighted by Gasteiger charge is 2.29. The minimum Gasteiger partial charge on any atom is -0.496 e. The summed E-state index contributed by atoms with van der Waals surface area (Å²) in [6, 6.07) is 7.98. The van der Waals surface area contributed by atoms with Gasteiger partial charge in [-0.05, 0) is 12.3 Å². The van der Waals surface area contributed by atoms with Crippen LogP contribution in [0.3, 0.4) is 0 Å². The van der Waals surface area contributed by atoms with Crippen LogP contribution in [0.1, 0.15) is 11.6 Å². The molecule has 0 bridgehead atoms. The van der Waals surface area contributed by atoms with Gasteiger partial charge < -0.3 is 15.0 Å². The van der Waals surface area contributed by atoms with Crippen molar-refractivity contribution in [1.29, 1.82) is 0 Å². The van der Waals surface area contributed by atoms with Crippen molar-refractivity contribution in [3.05, 3.63) is 29.8 Å². The maximum Gasteiger partial charge on any atom is 0.233 e. The fraction of sp³-hybridized carbons (Fsp3) is 0.500. The van der Waals surface area contributed by atoms with Crippen LogP contribution in [0.2, 0.25) is 0 Å². The van der Waals surface area contributed by atoms with Gasteiger partial charge in [-0.2, -0.15) is 11.8 Å². The van der Waals surface area contributed by atoms with Gasteiger partial charge in [0.15, 0.2) is 0 Å². The molecule has 0 aliphatic carbocycles. The summed E-state index contributed by atoms with van der Waals surface area (Å²) >= 11 is 1.57. The van der Waals surface area contributed by atoms with Crippen LogP contribution >= 0.6 is 24.2 Å². The van der Waals surface area contributed by atoms with E-state index >= 15 is 0 Å². The van der Waals surface area contributed by atoms with Crippen LogP contribution in [-0.2, 0) is 4.79 Å². The molecule has 1 aromatic carbocycles. The zero-order chi connectivity index (χ0) is 13.7. The van der Waals surface area contributed by atoms with Gasteiger partial charge in [-0.3, -0.25) is 4.79 Å². The van der Waals surface area contributed by atoms with E-state index in [0.717, 1.165) is 30.9 Å². The standard InChI is InChI=1S/C14H20N2O2S.ClH/c1-18-13-6-4-3-5-11(13)12-9-15-7-8-16(12)14(17)10-19-2;/h3-6,12,15H,7-10H2,1-2H3;1H. The van der Waals surface area contributed by atoms with Crippen molar-refractivity contribution in [3.8, 4) is 5.75 Å². The number of rotatable bonds is 4. The van der Waals surface area contributed by atoms with Gasteiger partial charge in [0.2, 0.25) is 5.91 Å². The first-order chi connectivity index (χ1) is 9.27. The molecule has 6 heteroatoms. The quantitative estimate of drug-likeness (QED) is 0.922. The molecule has 1 heterocycles. The van der Waals surface area contributed by atoms with Crippen LogP contribution in [0.5, 0.6) is 5.75 Å². The lowest BCUT2D eigenvalue weighted by Crippen LogP contribution is -2.49. The van der Waals surface area contributed by atoms with Crippen molar-refractivity contribution in [2.45, 2.75) is 6.04 Å². The summed E-state index contributed by atoms with van der Waals surface area (Å²) in [6.45, 7) is 2.38. The van der Waals surface area contributed by atoms with Gasteiger partial charge in [-0.1, -0.05) is 18.2 Å². The molecule has 1 unspecified atom stereocenters. The fourth-order valence-corrected chi connectivity index (χ4v) is 2.84. The lowest BCUT2D eigenvalue weighted by molar-refractivity contribution is -0.131. The number of ether oxygens (including phenoxy) is 1. The van der Waals surface area contributed by atoms with E-state index in [2.05, 4.69) is 5.32 Å². The molecule has 1 N–H and O–H groups in total. The molecule has 2 rings (SSSR count). The number of piperazine rings is 1. The van der Waals surface area contributed by atoms with Crippen molar-refractivity contribution in [2.75, 3.05) is 38.8 Å². The number of halogens is 1. The van der Waals surface area contributed by atoms with E-state index in [1.807, 2.05) is 35.4 Å². The summed E-state index contributed by atoms with van der Waals surface area (Å²) in [5, 5.41) is 3.36. The van der Waals surface area contributed by atoms with E-state index in [4.69, 9.17) is 4.74 Å². The first kappa shape index (κ1) is 17.1. The second-order valence-electron chi connectivity index (χ2n) is 4.48. The lowest BCUT2D eigenvalue weighted by atomic mass is 10.0. The minimum absolute atomic E-state index is 0. The van der Waals surface area contributed by atoms with Crippen molar-refractivity contribution in [1.82, 2.24) is 10.2 Å². The largest absolute Gasteiger partial charge is 0.496 e. The smallest absolute Gasteiger partial charge is 0.233 e. The van der Waals surface area contributed by atoms with Crippen molar-refractivity contribution >= 4 is 30.1 Å². The zero-order valence-corrected chi connectivity index (χ0v) is 13.4. The molecule has 4 nitrogen and oxygen atoms in total. The van der Waals surface area contributed by atoms with Gasteiger partial charge >= 0.3 is 0 Å². The number of carbonyl (C=O) groups is 1. The van der Waals surface area contributed by atoms with Gasteiger partial charge in [-0.15, -0.1) is 12.4 Å². The predicted molar refractivity (Wildman–Crippen MR) is 85.9 cm³/mol. The Labute approximate surface area is 130 Å². The minimum atomic E-state index is 0. The monoisotopic (exact) mass is 316 g/mol. The third-order valence-corrected chi connectivity index (χ3v) is 3.87. The number of para-hydroxylation sites is 1. The van der Waals surface area contributed by atoms with Gasteiger partial charge in [0, 0.05) is 25.2 Å². The Balaban J connectivity index is 0.00000200. The number of thioether (sulfide) groups is 1. The summed E-state index contributed by atoms with van der Waals surface area (Å²) in [4.78, 5) is 14.2. The molecule has 20 heavy (non-hydrogen) atoms. The maximum atomic E-state index is 12.2. The van der Waals surface area contributed by atoms with Gasteiger partial charge in [0.1, 0.15) is 5.75 Å². The number of methoxy groups -OCH3 is 1. The molecule has 0 saturated carbocycles. The number of hydrogen-bond acceptors (Lipinski definition) is 4. The fourth-order valence-electron chi connectivity index (χ4n) is 2.43. The highest BCUT2D eigenvalue weighted by molar-refractivity contribution is 7.99. The van der Waals surface area contributed by atoms with E-state index in [1.165, 1.54) is 0 Å². The maximum absolute atomic E-state index is 12.2. The van der Waals surface area contributed by atoms with Crippen LogP contribution in [0.4, 0.5) is 0 Å². The van der Waals surface area contributed by atoms with Crippen molar-refractivity contribution in [3.63, 3.8) is 0 Å². The molecular formula is C14H21ClN2O2S. The Morgan fingerprint density at radius 1 is 1.50 bits per heavy atom. The Kier molecular flexibility index (Phi) is 7.19. The molecule has 1 aliphatic rings. The summed E-state index contributed by atoms with van der Waals surface area (Å²) in [5.41, 5.74) is 1.08. The van der Waals surface area contributed by atoms with E-state index < -0.39 is 0 Å². The second-order valence-corrected chi connectivity index (χ2v) is 5.35. The normalized spacial score (nSPS) is 18.3. The van der Waals surface area contributed by atoms with E-state index in [0.29, 0.717) is 5.75 Å². The number of carbonyl (C=O) groups excluding carboxylic acids is 1. The topological polar surface area (TPSA) is 41.6 Å². The summed E-state index contributed by atoms with van der Waals surface area (Å²) in [7, 11) is 1.67. The van der Waals surface area contributed by atoms with Gasteiger partial charge in [0.05, 0.1) is 18.9 Å². The first-order valence-corrected chi connectivity index (χ1v) is 7.79. The molecule has 1 saturated heterocycles. The van der Waals surface area contributed by atoms with E-state index in [-0.39, 0.29) is 24.4 Å². The number of nitrogens with one attached hydrogen (secondary N) is 1. The third-order valence-electron chi connectivity index (χ3n) is 3.33. The van der Waals surface area contributed by atoms with Crippen LogP contribution in [0.25, 0.3) is 0 Å². The Morgan fingerprint density at radius 3 is 2.95 bits per heavy atom. The summed E-state index contributed by atoms with van der Waals surface area (Å²) < 4.78 is 5.42. The van der Waals surface area contributed by atoms with E-state index in [1.54, 1.807) is 18.9 Å². The molecule has 0 spiro atoms.